The molecule has 0 bridgehead atoms. The highest BCUT2D eigenvalue weighted by atomic mass is 31.2. The van der Waals surface area contributed by atoms with Crippen LogP contribution in [0.2, 0.25) is 0 Å². The van der Waals surface area contributed by atoms with Gasteiger partial charge in [-0.15, -0.1) is 0 Å². The Balaban J connectivity index is 2.37. The van der Waals surface area contributed by atoms with Gasteiger partial charge in [-0.1, -0.05) is 30.3 Å². The van der Waals surface area contributed by atoms with Crippen molar-refractivity contribution in [2.24, 2.45) is 0 Å². The number of hydrogen-bond donors (Lipinski definition) is 0. The molecule has 2 rings (SSSR count). The molecule has 0 saturated carbocycles. The average Bonchev–Trinajstić information content (AvgIpc) is 2.62. The molecule has 0 aromatic heterocycles. The predicted molar refractivity (Wildman–Crippen MR) is 95.0 cm³/mol. The molecule has 25 heavy (non-hydrogen) atoms. The summed E-state index contributed by atoms with van der Waals surface area (Å²) < 4.78 is 47.7. The lowest BCUT2D eigenvalue weighted by Gasteiger charge is -2.35. The van der Waals surface area contributed by atoms with Gasteiger partial charge in [0.25, 0.3) is 0 Å². The molecule has 1 heterocycles. The molecule has 1 saturated heterocycles. The summed E-state index contributed by atoms with van der Waals surface area (Å²) in [6, 6.07) is 9.18. The van der Waals surface area contributed by atoms with E-state index in [-0.39, 0.29) is 0 Å². The monoisotopic (exact) mass is 390 g/mol. The lowest BCUT2D eigenvalue weighted by molar-refractivity contribution is -0.0433. The Labute approximate surface area is 150 Å². The van der Waals surface area contributed by atoms with E-state index in [1.165, 1.54) is 0 Å². The lowest BCUT2D eigenvalue weighted by atomic mass is 10.2. The Bertz CT molecular complexity index is 530. The molecule has 7 nitrogen and oxygen atoms in total. The SMILES string of the molecule is CCO[Si](OCC)(OCC)OC(c1ccccc1)P1(=O)OCCCO1. The normalized spacial score (nSPS) is 18.8. The predicted octanol–water partition coefficient (Wildman–Crippen LogP) is 3.88. The minimum atomic E-state index is -3.54. The summed E-state index contributed by atoms with van der Waals surface area (Å²) in [6.07, 6.45) is 0.691. The third-order valence-electron chi connectivity index (χ3n) is 3.42. The van der Waals surface area contributed by atoms with Gasteiger partial charge in [0, 0.05) is 19.8 Å². The summed E-state index contributed by atoms with van der Waals surface area (Å²) >= 11 is 0. The minimum absolute atomic E-state index is 0.347. The van der Waals surface area contributed by atoms with E-state index in [9.17, 15) is 4.57 Å². The second kappa shape index (κ2) is 9.94. The topological polar surface area (TPSA) is 72.5 Å². The summed E-state index contributed by atoms with van der Waals surface area (Å²) in [5, 5.41) is 0. The third-order valence-corrected chi connectivity index (χ3v) is 8.13. The summed E-state index contributed by atoms with van der Waals surface area (Å²) in [4.78, 5) is 0. The van der Waals surface area contributed by atoms with Crippen molar-refractivity contribution in [1.82, 2.24) is 0 Å². The van der Waals surface area contributed by atoms with Gasteiger partial charge in [-0.2, -0.15) is 0 Å². The van der Waals surface area contributed by atoms with Crippen LogP contribution in [0.5, 0.6) is 0 Å². The van der Waals surface area contributed by atoms with Crippen LogP contribution in [-0.2, 0) is 31.3 Å². The number of hydrogen-bond acceptors (Lipinski definition) is 7. The van der Waals surface area contributed by atoms with Crippen molar-refractivity contribution in [1.29, 1.82) is 0 Å². The molecule has 1 atom stereocenters. The zero-order valence-corrected chi connectivity index (χ0v) is 16.9. The van der Waals surface area contributed by atoms with E-state index in [0.717, 1.165) is 0 Å². The molecule has 0 amide bonds. The van der Waals surface area contributed by atoms with Gasteiger partial charge in [0.05, 0.1) is 13.2 Å². The molecule has 0 aliphatic carbocycles. The standard InChI is InChI=1S/C16H27O7PSi/c1-4-20-25(21-5-2,22-6-3)23-16(15-11-8-7-9-12-15)24(17)18-13-10-14-19-24/h7-9,11-12,16H,4-6,10,13-14H2,1-3H3. The van der Waals surface area contributed by atoms with E-state index in [1.807, 2.05) is 51.1 Å². The van der Waals surface area contributed by atoms with Crippen LogP contribution >= 0.6 is 7.60 Å². The van der Waals surface area contributed by atoms with Gasteiger partial charge >= 0.3 is 16.6 Å². The first-order valence-electron chi connectivity index (χ1n) is 8.62. The Morgan fingerprint density at radius 1 is 1.00 bits per heavy atom. The van der Waals surface area contributed by atoms with Crippen LogP contribution in [-0.4, -0.2) is 42.1 Å². The first-order chi connectivity index (χ1) is 12.1. The van der Waals surface area contributed by atoms with Crippen molar-refractivity contribution >= 4 is 16.6 Å². The van der Waals surface area contributed by atoms with Crippen molar-refractivity contribution in [3.05, 3.63) is 35.9 Å². The lowest BCUT2D eigenvalue weighted by Crippen LogP contribution is -2.50. The van der Waals surface area contributed by atoms with Gasteiger partial charge in [0.15, 0.2) is 5.85 Å². The van der Waals surface area contributed by atoms with E-state index >= 15 is 0 Å². The maximum absolute atomic E-state index is 13.3. The van der Waals surface area contributed by atoms with Gasteiger partial charge in [-0.05, 0) is 32.8 Å². The highest BCUT2D eigenvalue weighted by Crippen LogP contribution is 2.63. The fourth-order valence-electron chi connectivity index (χ4n) is 2.44. The van der Waals surface area contributed by atoms with Crippen molar-refractivity contribution in [2.45, 2.75) is 33.0 Å². The fraction of sp³-hybridized carbons (Fsp3) is 0.625. The second-order valence-electron chi connectivity index (χ2n) is 5.24. The van der Waals surface area contributed by atoms with Crippen molar-refractivity contribution in [3.63, 3.8) is 0 Å². The minimum Gasteiger partial charge on any atom is -0.351 e. The van der Waals surface area contributed by atoms with Crippen LogP contribution in [0.25, 0.3) is 0 Å². The van der Waals surface area contributed by atoms with E-state index in [2.05, 4.69) is 0 Å². The maximum atomic E-state index is 13.3. The van der Waals surface area contributed by atoms with Crippen LogP contribution in [0.3, 0.4) is 0 Å². The summed E-state index contributed by atoms with van der Waals surface area (Å²) in [6.45, 7) is 7.25. The number of benzene rings is 1. The largest absolute Gasteiger partial charge is 0.680 e. The zero-order chi connectivity index (χ0) is 18.2. The van der Waals surface area contributed by atoms with Crippen LogP contribution in [0, 0.1) is 0 Å². The molecule has 1 aromatic rings. The molecule has 1 aliphatic heterocycles. The van der Waals surface area contributed by atoms with E-state index in [1.54, 1.807) is 0 Å². The summed E-state index contributed by atoms with van der Waals surface area (Å²) in [5.41, 5.74) is 0.670. The molecular formula is C16H27O7PSi. The van der Waals surface area contributed by atoms with Gasteiger partial charge in [0.2, 0.25) is 0 Å². The maximum Gasteiger partial charge on any atom is 0.680 e. The molecule has 1 aromatic carbocycles. The van der Waals surface area contributed by atoms with Crippen LogP contribution < -0.4 is 0 Å². The first-order valence-corrected chi connectivity index (χ1v) is 11.9. The van der Waals surface area contributed by atoms with Gasteiger partial charge in [-0.3, -0.25) is 4.57 Å². The second-order valence-corrected chi connectivity index (χ2v) is 9.41. The van der Waals surface area contributed by atoms with E-state index in [4.69, 9.17) is 26.8 Å². The molecule has 9 heteroatoms. The summed E-state index contributed by atoms with van der Waals surface area (Å²) in [5.74, 6) is -0.967. The average molecular weight is 390 g/mol. The van der Waals surface area contributed by atoms with E-state index in [0.29, 0.717) is 45.0 Å². The first kappa shape index (κ1) is 20.7. The molecule has 142 valence electrons. The highest BCUT2D eigenvalue weighted by Gasteiger charge is 2.53. The van der Waals surface area contributed by atoms with E-state index < -0.39 is 22.5 Å². The smallest absolute Gasteiger partial charge is 0.351 e. The molecule has 0 N–H and O–H groups in total. The van der Waals surface area contributed by atoms with Crippen LogP contribution in [0.1, 0.15) is 38.6 Å². The van der Waals surface area contributed by atoms with Crippen LogP contribution in [0.4, 0.5) is 0 Å². The molecule has 1 unspecified atom stereocenters. The van der Waals surface area contributed by atoms with Crippen molar-refractivity contribution in [2.75, 3.05) is 33.0 Å². The summed E-state index contributed by atoms with van der Waals surface area (Å²) in [7, 11) is -7.05. The Morgan fingerprint density at radius 3 is 2.00 bits per heavy atom. The van der Waals surface area contributed by atoms with Gasteiger partial charge in [0.1, 0.15) is 0 Å². The Morgan fingerprint density at radius 2 is 1.52 bits per heavy atom. The highest BCUT2D eigenvalue weighted by molar-refractivity contribution is 7.54. The Kier molecular flexibility index (Phi) is 8.25. The quantitative estimate of drug-likeness (QED) is 0.443. The van der Waals surface area contributed by atoms with Crippen molar-refractivity contribution in [3.8, 4) is 0 Å². The van der Waals surface area contributed by atoms with Gasteiger partial charge in [-0.25, -0.2) is 0 Å². The molecular weight excluding hydrogens is 363 g/mol. The molecule has 1 aliphatic rings. The molecule has 0 radical (unpaired) electrons. The van der Waals surface area contributed by atoms with Crippen LogP contribution in [0.15, 0.2) is 30.3 Å². The fourth-order valence-corrected chi connectivity index (χ4v) is 6.92. The van der Waals surface area contributed by atoms with Crippen molar-refractivity contribution < 1.29 is 31.3 Å². The molecule has 0 spiro atoms. The number of rotatable bonds is 10. The molecule has 1 fully saturated rings. The third kappa shape index (κ3) is 5.45. The van der Waals surface area contributed by atoms with Gasteiger partial charge < -0.3 is 26.8 Å². The Hall–Kier alpha value is -0.573. The zero-order valence-electron chi connectivity index (χ0n) is 15.0.